The highest BCUT2D eigenvalue weighted by atomic mass is 16.5. The van der Waals surface area contributed by atoms with Gasteiger partial charge in [-0.1, -0.05) is 13.0 Å². The molecule has 2 saturated heterocycles. The fourth-order valence-electron chi connectivity index (χ4n) is 9.47. The predicted molar refractivity (Wildman–Crippen MR) is 181 cm³/mol. The molecule has 8 unspecified atom stereocenters. The van der Waals surface area contributed by atoms with E-state index >= 15 is 0 Å². The molecule has 2 aromatic rings. The molecule has 0 bridgehead atoms. The number of ether oxygens (including phenoxy) is 2. The van der Waals surface area contributed by atoms with E-state index in [4.69, 9.17) is 9.47 Å². The van der Waals surface area contributed by atoms with Crippen LogP contribution in [0.4, 0.5) is 5.69 Å². The fraction of sp³-hybridized carbons (Fsp3) is 0.658. The van der Waals surface area contributed by atoms with Gasteiger partial charge in [0.25, 0.3) is 5.91 Å². The van der Waals surface area contributed by atoms with E-state index in [1.165, 1.54) is 30.4 Å². The minimum absolute atomic E-state index is 0.0729. The summed E-state index contributed by atoms with van der Waals surface area (Å²) in [5.74, 6) is 2.80. The van der Waals surface area contributed by atoms with Crippen molar-refractivity contribution >= 4 is 11.6 Å². The summed E-state index contributed by atoms with van der Waals surface area (Å²) in [6.07, 6.45) is 5.97. The Balaban J connectivity index is 0.821. The molecular formula is C38H53N3O6. The van der Waals surface area contributed by atoms with Crippen LogP contribution in [0.2, 0.25) is 0 Å². The monoisotopic (exact) mass is 647 g/mol. The fourth-order valence-corrected chi connectivity index (χ4v) is 9.47. The molecule has 256 valence electrons. The van der Waals surface area contributed by atoms with Crippen molar-refractivity contribution in [3.63, 3.8) is 0 Å². The molecule has 2 aromatic carbocycles. The van der Waals surface area contributed by atoms with E-state index in [9.17, 15) is 20.1 Å². The summed E-state index contributed by atoms with van der Waals surface area (Å²) in [5.41, 5.74) is 4.79. The Kier molecular flexibility index (Phi) is 9.81. The Morgan fingerprint density at radius 1 is 1.00 bits per heavy atom. The second-order valence-electron chi connectivity index (χ2n) is 15.0. The van der Waals surface area contributed by atoms with Gasteiger partial charge in [-0.2, -0.15) is 0 Å². The minimum Gasteiger partial charge on any atom is -0.494 e. The molecule has 47 heavy (non-hydrogen) atoms. The number of fused-ring (bicyclic) bond motifs is 5. The van der Waals surface area contributed by atoms with Gasteiger partial charge in [-0.15, -0.1) is 0 Å². The Hall–Kier alpha value is -2.69. The van der Waals surface area contributed by atoms with Crippen molar-refractivity contribution in [1.29, 1.82) is 0 Å². The summed E-state index contributed by atoms with van der Waals surface area (Å²) in [6, 6.07) is 14.5. The third-order valence-corrected chi connectivity index (χ3v) is 12.3. The van der Waals surface area contributed by atoms with E-state index in [1.54, 1.807) is 0 Å². The Bertz CT molecular complexity index is 1380. The Morgan fingerprint density at radius 3 is 2.62 bits per heavy atom. The largest absolute Gasteiger partial charge is 0.494 e. The number of piperazine rings is 1. The SMILES string of the molecule is CC12CCC3c4ccc(OCCCNC(=O)c5ccc(N6CCN(CC7OCCC(O)C7O)CC6)cc5)cc4CCC3C1CCC2O. The van der Waals surface area contributed by atoms with E-state index in [0.29, 0.717) is 56.0 Å². The number of hydrogen-bond donors (Lipinski definition) is 4. The average molecular weight is 648 g/mol. The minimum atomic E-state index is -0.825. The summed E-state index contributed by atoms with van der Waals surface area (Å²) in [5, 5.41) is 33.9. The van der Waals surface area contributed by atoms with Gasteiger partial charge >= 0.3 is 0 Å². The number of nitrogens with zero attached hydrogens (tertiary/aromatic N) is 2. The zero-order chi connectivity index (χ0) is 32.5. The van der Waals surface area contributed by atoms with Crippen LogP contribution in [-0.4, -0.2) is 103 Å². The zero-order valence-corrected chi connectivity index (χ0v) is 27.9. The van der Waals surface area contributed by atoms with Crippen molar-refractivity contribution in [2.24, 2.45) is 17.3 Å². The van der Waals surface area contributed by atoms with Crippen LogP contribution in [0.15, 0.2) is 42.5 Å². The lowest BCUT2D eigenvalue weighted by molar-refractivity contribution is -0.141. The lowest BCUT2D eigenvalue weighted by atomic mass is 9.55. The van der Waals surface area contributed by atoms with E-state index in [1.807, 2.05) is 24.3 Å². The van der Waals surface area contributed by atoms with Crippen LogP contribution in [-0.2, 0) is 11.2 Å². The molecule has 7 rings (SSSR count). The third kappa shape index (κ3) is 6.79. The molecule has 2 heterocycles. The van der Waals surface area contributed by atoms with Crippen molar-refractivity contribution in [1.82, 2.24) is 10.2 Å². The predicted octanol–water partition coefficient (Wildman–Crippen LogP) is 3.74. The maximum absolute atomic E-state index is 12.8. The van der Waals surface area contributed by atoms with Crippen molar-refractivity contribution in [2.75, 3.05) is 57.4 Å². The highest BCUT2D eigenvalue weighted by Gasteiger charge is 2.54. The molecule has 0 spiro atoms. The number of amides is 1. The summed E-state index contributed by atoms with van der Waals surface area (Å²) >= 11 is 0. The van der Waals surface area contributed by atoms with Crippen molar-refractivity contribution < 1.29 is 29.6 Å². The van der Waals surface area contributed by atoms with E-state index < -0.39 is 12.2 Å². The number of carbonyl (C=O) groups is 1. The molecule has 0 radical (unpaired) electrons. The number of hydrogen-bond acceptors (Lipinski definition) is 8. The van der Waals surface area contributed by atoms with Gasteiger partial charge in [0, 0.05) is 57.1 Å². The molecule has 1 amide bonds. The second kappa shape index (κ2) is 14.0. The van der Waals surface area contributed by atoms with Crippen LogP contribution in [0, 0.1) is 17.3 Å². The van der Waals surface area contributed by atoms with Gasteiger partial charge in [-0.05, 0) is 122 Å². The van der Waals surface area contributed by atoms with Crippen molar-refractivity contribution in [3.05, 3.63) is 59.2 Å². The van der Waals surface area contributed by atoms with Crippen LogP contribution in [0.25, 0.3) is 0 Å². The number of benzene rings is 2. The first-order valence-electron chi connectivity index (χ1n) is 18.1. The van der Waals surface area contributed by atoms with E-state index in [0.717, 1.165) is 63.3 Å². The number of nitrogens with one attached hydrogen (secondary N) is 1. The number of aryl methyl sites for hydroxylation is 1. The molecule has 9 nitrogen and oxygen atoms in total. The maximum atomic E-state index is 12.8. The standard InChI is InChI=1S/C38H53N3O6/c1-38-15-13-30-29-10-8-28(23-26(29)5-9-31(30)32(38)11-12-35(38)43)46-21-2-16-39-37(45)25-3-6-27(7-4-25)41-19-17-40(18-20-41)24-34-36(44)33(42)14-22-47-34/h3-4,6-8,10,23,30-36,42-44H,2,5,9,11-22,24H2,1H3,(H,39,45). The van der Waals surface area contributed by atoms with Crippen LogP contribution in [0.3, 0.4) is 0 Å². The van der Waals surface area contributed by atoms with E-state index in [2.05, 4.69) is 40.2 Å². The summed E-state index contributed by atoms with van der Waals surface area (Å²) in [6.45, 7) is 7.97. The van der Waals surface area contributed by atoms with Gasteiger partial charge in [-0.3, -0.25) is 9.69 Å². The molecule has 2 saturated carbocycles. The first-order valence-corrected chi connectivity index (χ1v) is 18.1. The van der Waals surface area contributed by atoms with Crippen LogP contribution in [0.1, 0.15) is 79.3 Å². The number of rotatable bonds is 9. The highest BCUT2D eigenvalue weighted by Crippen LogP contribution is 2.60. The van der Waals surface area contributed by atoms with Gasteiger partial charge in [-0.25, -0.2) is 0 Å². The van der Waals surface area contributed by atoms with Gasteiger partial charge in [0.05, 0.1) is 24.9 Å². The maximum Gasteiger partial charge on any atom is 0.251 e. The van der Waals surface area contributed by atoms with E-state index in [-0.39, 0.29) is 23.5 Å². The van der Waals surface area contributed by atoms with Gasteiger partial charge in [0.15, 0.2) is 0 Å². The van der Waals surface area contributed by atoms with Gasteiger partial charge in [0.1, 0.15) is 11.9 Å². The molecule has 5 aliphatic rings. The Morgan fingerprint density at radius 2 is 1.81 bits per heavy atom. The number of anilines is 1. The van der Waals surface area contributed by atoms with Gasteiger partial charge in [0.2, 0.25) is 0 Å². The smallest absolute Gasteiger partial charge is 0.251 e. The quantitative estimate of drug-likeness (QED) is 0.305. The number of aliphatic hydroxyl groups excluding tert-OH is 3. The molecule has 8 atom stereocenters. The zero-order valence-electron chi connectivity index (χ0n) is 27.9. The van der Waals surface area contributed by atoms with Crippen LogP contribution >= 0.6 is 0 Å². The molecule has 2 aliphatic heterocycles. The number of carbonyl (C=O) groups excluding carboxylic acids is 1. The lowest BCUT2D eigenvalue weighted by Gasteiger charge is -2.50. The molecule has 9 heteroatoms. The average Bonchev–Trinajstić information content (AvgIpc) is 3.40. The van der Waals surface area contributed by atoms with Crippen LogP contribution < -0.4 is 15.0 Å². The van der Waals surface area contributed by atoms with Gasteiger partial charge < -0.3 is 35.0 Å². The van der Waals surface area contributed by atoms with Crippen molar-refractivity contribution in [3.8, 4) is 5.75 Å². The Labute approximate surface area is 279 Å². The first-order chi connectivity index (χ1) is 22.8. The molecule has 4 N–H and O–H groups in total. The normalized spacial score (nSPS) is 33.9. The third-order valence-electron chi connectivity index (χ3n) is 12.3. The molecular weight excluding hydrogens is 594 g/mol. The topological polar surface area (TPSA) is 115 Å². The molecule has 0 aromatic heterocycles. The summed E-state index contributed by atoms with van der Waals surface area (Å²) in [7, 11) is 0. The first kappa shape index (κ1) is 32.8. The number of aliphatic hydroxyl groups is 3. The molecule has 3 aliphatic carbocycles. The second-order valence-corrected chi connectivity index (χ2v) is 15.0. The summed E-state index contributed by atoms with van der Waals surface area (Å²) < 4.78 is 11.8. The van der Waals surface area contributed by atoms with Crippen molar-refractivity contribution in [2.45, 2.75) is 88.6 Å². The lowest BCUT2D eigenvalue weighted by Crippen LogP contribution is -2.54. The highest BCUT2D eigenvalue weighted by molar-refractivity contribution is 5.94. The molecule has 4 fully saturated rings. The van der Waals surface area contributed by atoms with Crippen LogP contribution in [0.5, 0.6) is 5.75 Å². The summed E-state index contributed by atoms with van der Waals surface area (Å²) in [4.78, 5) is 17.4.